The van der Waals surface area contributed by atoms with Gasteiger partial charge in [0.1, 0.15) is 4.99 Å². The predicted molar refractivity (Wildman–Crippen MR) is 117 cm³/mol. The first-order chi connectivity index (χ1) is 14.7. The molecule has 0 unspecified atom stereocenters. The Hall–Kier alpha value is -1.94. The number of hydrogen-bond donors (Lipinski definition) is 1. The van der Waals surface area contributed by atoms with Gasteiger partial charge in [-0.25, -0.2) is 0 Å². The van der Waals surface area contributed by atoms with Crippen LogP contribution in [0.4, 0.5) is 0 Å². The zero-order chi connectivity index (χ0) is 21.2. The van der Waals surface area contributed by atoms with E-state index >= 15 is 0 Å². The summed E-state index contributed by atoms with van der Waals surface area (Å²) in [6.07, 6.45) is 0. The Balaban J connectivity index is 1.52. The predicted octanol–water partition coefficient (Wildman–Crippen LogP) is 0.920. The second kappa shape index (κ2) is 12.0. The molecular weight excluding hydrogens is 406 g/mol. The van der Waals surface area contributed by atoms with Crippen LogP contribution in [-0.2, 0) is 14.3 Å². The van der Waals surface area contributed by atoms with E-state index in [4.69, 9.17) is 31.2 Å². The van der Waals surface area contributed by atoms with Gasteiger partial charge in [-0.05, 0) is 25.1 Å². The maximum absolute atomic E-state index is 12.3. The molecule has 0 atom stereocenters. The fourth-order valence-corrected chi connectivity index (χ4v) is 3.56. The lowest BCUT2D eigenvalue weighted by atomic mass is 10.2. The summed E-state index contributed by atoms with van der Waals surface area (Å²) in [4.78, 5) is 17.1. The van der Waals surface area contributed by atoms with Gasteiger partial charge in [-0.2, -0.15) is 0 Å². The molecule has 0 saturated carbocycles. The van der Waals surface area contributed by atoms with Gasteiger partial charge in [0.25, 0.3) is 5.91 Å². The molecule has 0 bridgehead atoms. The highest BCUT2D eigenvalue weighted by atomic mass is 32.1. The van der Waals surface area contributed by atoms with Crippen molar-refractivity contribution in [2.24, 2.45) is 0 Å². The van der Waals surface area contributed by atoms with Crippen LogP contribution < -0.4 is 14.8 Å². The van der Waals surface area contributed by atoms with Gasteiger partial charge < -0.3 is 29.2 Å². The third kappa shape index (κ3) is 6.80. The second-order valence-corrected chi connectivity index (χ2v) is 7.49. The van der Waals surface area contributed by atoms with E-state index in [2.05, 4.69) is 10.2 Å². The lowest BCUT2D eigenvalue weighted by Gasteiger charge is -2.27. The Morgan fingerprint density at radius 2 is 1.77 bits per heavy atom. The highest BCUT2D eigenvalue weighted by Gasteiger charge is 2.18. The molecule has 0 aliphatic carbocycles. The van der Waals surface area contributed by atoms with Crippen LogP contribution in [0.15, 0.2) is 18.2 Å². The Bertz CT molecular complexity index is 706. The molecule has 0 spiro atoms. The van der Waals surface area contributed by atoms with Crippen molar-refractivity contribution in [1.82, 2.24) is 15.1 Å². The van der Waals surface area contributed by atoms with Crippen LogP contribution in [0.5, 0.6) is 11.5 Å². The highest BCUT2D eigenvalue weighted by molar-refractivity contribution is 7.80. The molecular formula is C21H31N3O5S. The van der Waals surface area contributed by atoms with Gasteiger partial charge in [0.2, 0.25) is 0 Å². The Morgan fingerprint density at radius 3 is 2.47 bits per heavy atom. The quantitative estimate of drug-likeness (QED) is 0.572. The van der Waals surface area contributed by atoms with Crippen LogP contribution in [-0.4, -0.2) is 99.6 Å². The van der Waals surface area contributed by atoms with E-state index in [0.717, 1.165) is 45.0 Å². The average Bonchev–Trinajstić information content (AvgIpc) is 2.79. The van der Waals surface area contributed by atoms with Crippen molar-refractivity contribution in [2.75, 3.05) is 78.9 Å². The third-order valence-corrected chi connectivity index (χ3v) is 5.42. The summed E-state index contributed by atoms with van der Waals surface area (Å²) in [5, 5.41) is 3.31. The number of carbonyl (C=O) groups is 1. The average molecular weight is 438 g/mol. The molecule has 8 nitrogen and oxygen atoms in total. The number of ether oxygens (including phenoxy) is 4. The fourth-order valence-electron chi connectivity index (χ4n) is 3.33. The van der Waals surface area contributed by atoms with Gasteiger partial charge in [0.05, 0.1) is 33.0 Å². The highest BCUT2D eigenvalue weighted by Crippen LogP contribution is 2.28. The van der Waals surface area contributed by atoms with Crippen molar-refractivity contribution in [3.63, 3.8) is 0 Å². The summed E-state index contributed by atoms with van der Waals surface area (Å²) in [5.74, 6) is 1.07. The van der Waals surface area contributed by atoms with Crippen LogP contribution in [0, 0.1) is 0 Å². The van der Waals surface area contributed by atoms with E-state index in [-0.39, 0.29) is 12.5 Å². The number of benzene rings is 1. The molecule has 30 heavy (non-hydrogen) atoms. The Morgan fingerprint density at radius 1 is 1.07 bits per heavy atom. The SMILES string of the molecule is CCOc1cc(C(=S)NCCN2CCOCC2)ccc1OCC(=O)N1CCOCC1. The van der Waals surface area contributed by atoms with Crippen LogP contribution >= 0.6 is 12.2 Å². The Kier molecular flexibility index (Phi) is 9.13. The summed E-state index contributed by atoms with van der Waals surface area (Å²) in [7, 11) is 0. The molecule has 2 aliphatic heterocycles. The number of hydrogen-bond acceptors (Lipinski definition) is 7. The molecule has 2 heterocycles. The van der Waals surface area contributed by atoms with Gasteiger partial charge in [0.15, 0.2) is 18.1 Å². The molecule has 2 saturated heterocycles. The van der Waals surface area contributed by atoms with Crippen molar-refractivity contribution >= 4 is 23.1 Å². The molecule has 1 aromatic rings. The molecule has 1 amide bonds. The molecule has 1 N–H and O–H groups in total. The number of morpholine rings is 2. The van der Waals surface area contributed by atoms with Gasteiger partial charge >= 0.3 is 0 Å². The fraction of sp³-hybridized carbons (Fsp3) is 0.619. The Labute approximate surface area is 183 Å². The lowest BCUT2D eigenvalue weighted by Crippen LogP contribution is -2.43. The van der Waals surface area contributed by atoms with Crippen LogP contribution in [0.25, 0.3) is 0 Å². The van der Waals surface area contributed by atoms with Crippen molar-refractivity contribution in [1.29, 1.82) is 0 Å². The van der Waals surface area contributed by atoms with E-state index in [0.29, 0.717) is 49.4 Å². The maximum Gasteiger partial charge on any atom is 0.260 e. The first kappa shape index (κ1) is 22.7. The zero-order valence-electron chi connectivity index (χ0n) is 17.6. The van der Waals surface area contributed by atoms with E-state index in [1.54, 1.807) is 4.90 Å². The monoisotopic (exact) mass is 437 g/mol. The van der Waals surface area contributed by atoms with Gasteiger partial charge in [-0.15, -0.1) is 0 Å². The number of carbonyl (C=O) groups excluding carboxylic acids is 1. The summed E-state index contributed by atoms with van der Waals surface area (Å²) in [6, 6.07) is 5.56. The summed E-state index contributed by atoms with van der Waals surface area (Å²) in [5.41, 5.74) is 0.863. The van der Waals surface area contributed by atoms with E-state index < -0.39 is 0 Å². The van der Waals surface area contributed by atoms with Crippen molar-refractivity contribution in [2.45, 2.75) is 6.92 Å². The molecule has 0 radical (unpaired) electrons. The minimum atomic E-state index is -0.0508. The first-order valence-electron chi connectivity index (χ1n) is 10.5. The second-order valence-electron chi connectivity index (χ2n) is 7.09. The topological polar surface area (TPSA) is 72.5 Å². The summed E-state index contributed by atoms with van der Waals surface area (Å²) < 4.78 is 22.1. The smallest absolute Gasteiger partial charge is 0.260 e. The number of amides is 1. The number of nitrogens with one attached hydrogen (secondary N) is 1. The van der Waals surface area contributed by atoms with Gasteiger partial charge in [-0.1, -0.05) is 12.2 Å². The number of thiocarbonyl (C=S) groups is 1. The van der Waals surface area contributed by atoms with Crippen LogP contribution in [0.1, 0.15) is 12.5 Å². The molecule has 2 fully saturated rings. The van der Waals surface area contributed by atoms with Crippen molar-refractivity contribution in [3.8, 4) is 11.5 Å². The molecule has 9 heteroatoms. The largest absolute Gasteiger partial charge is 0.490 e. The third-order valence-electron chi connectivity index (χ3n) is 5.04. The number of rotatable bonds is 9. The van der Waals surface area contributed by atoms with Crippen LogP contribution in [0.3, 0.4) is 0 Å². The molecule has 3 rings (SSSR count). The molecule has 2 aliphatic rings. The van der Waals surface area contributed by atoms with E-state index in [1.807, 2.05) is 25.1 Å². The minimum absolute atomic E-state index is 0.0261. The van der Waals surface area contributed by atoms with Gasteiger partial charge in [-0.3, -0.25) is 9.69 Å². The summed E-state index contributed by atoms with van der Waals surface area (Å²) >= 11 is 5.54. The summed E-state index contributed by atoms with van der Waals surface area (Å²) in [6.45, 7) is 9.91. The normalized spacial score (nSPS) is 17.4. The van der Waals surface area contributed by atoms with Gasteiger partial charge in [0, 0.05) is 44.8 Å². The van der Waals surface area contributed by atoms with E-state index in [1.165, 1.54) is 0 Å². The molecule has 0 aromatic heterocycles. The van der Waals surface area contributed by atoms with Crippen LogP contribution in [0.2, 0.25) is 0 Å². The lowest BCUT2D eigenvalue weighted by molar-refractivity contribution is -0.137. The number of nitrogens with zero attached hydrogens (tertiary/aromatic N) is 2. The van der Waals surface area contributed by atoms with Crippen molar-refractivity contribution in [3.05, 3.63) is 23.8 Å². The van der Waals surface area contributed by atoms with E-state index in [9.17, 15) is 4.79 Å². The van der Waals surface area contributed by atoms with Crippen molar-refractivity contribution < 1.29 is 23.7 Å². The maximum atomic E-state index is 12.3. The first-order valence-corrected chi connectivity index (χ1v) is 10.9. The molecule has 166 valence electrons. The minimum Gasteiger partial charge on any atom is -0.490 e. The zero-order valence-corrected chi connectivity index (χ0v) is 18.4. The molecule has 1 aromatic carbocycles. The standard InChI is InChI=1S/C21H31N3O5S/c1-2-28-19-15-17(21(30)22-5-6-23-7-11-26-12-8-23)3-4-18(19)29-16-20(25)24-9-13-27-14-10-24/h3-4,15H,2,5-14,16H2,1H3,(H,22,30).